The van der Waals surface area contributed by atoms with Crippen molar-refractivity contribution in [2.24, 2.45) is 0 Å². The zero-order valence-electron chi connectivity index (χ0n) is 13.7. The first kappa shape index (κ1) is 23.0. The normalized spacial score (nSPS) is 11.8. The molecule has 0 bridgehead atoms. The molecule has 0 unspecified atom stereocenters. The molecule has 3 rings (SSSR count). The van der Waals surface area contributed by atoms with Crippen molar-refractivity contribution in [2.45, 2.75) is 16.7 Å². The Hall–Kier alpha value is -0.0700. The van der Waals surface area contributed by atoms with Crippen molar-refractivity contribution < 1.29 is 85.1 Å². The average molecular weight is 397 g/mol. The fraction of sp³-hybridized carbons (Fsp3) is 0.0714. The molecule has 0 aliphatic carbocycles. The summed E-state index contributed by atoms with van der Waals surface area (Å²) < 4.78 is 68.2. The van der Waals surface area contributed by atoms with Gasteiger partial charge in [0.05, 0.1) is 15.3 Å². The molecule has 11 heteroatoms. The smallest absolute Gasteiger partial charge is 0.744 e. The van der Waals surface area contributed by atoms with Crippen LogP contribution in [0.3, 0.4) is 0 Å². The van der Waals surface area contributed by atoms with Gasteiger partial charge in [-0.1, -0.05) is 12.1 Å². The van der Waals surface area contributed by atoms with Crippen LogP contribution < -0.4 is 59.1 Å². The minimum absolute atomic E-state index is 0. The Morgan fingerprint density at radius 3 is 1.96 bits per heavy atom. The van der Waals surface area contributed by atoms with E-state index in [1.807, 2.05) is 0 Å². The van der Waals surface area contributed by atoms with Gasteiger partial charge in [0, 0.05) is 16.5 Å². The van der Waals surface area contributed by atoms with Crippen LogP contribution in [0.1, 0.15) is 5.69 Å². The van der Waals surface area contributed by atoms with Gasteiger partial charge in [-0.2, -0.15) is 0 Å². The first-order valence-electron chi connectivity index (χ1n) is 6.33. The fourth-order valence-electron chi connectivity index (χ4n) is 2.44. The molecule has 0 amide bonds. The summed E-state index contributed by atoms with van der Waals surface area (Å²) in [5, 5.41) is 0.662. The van der Waals surface area contributed by atoms with E-state index in [0.29, 0.717) is 22.7 Å². The van der Waals surface area contributed by atoms with Gasteiger partial charge in [0.2, 0.25) is 0 Å². The van der Waals surface area contributed by atoms with Gasteiger partial charge in [0.1, 0.15) is 20.2 Å². The minimum atomic E-state index is -4.96. The van der Waals surface area contributed by atoms with Crippen LogP contribution in [-0.2, 0) is 20.2 Å². The van der Waals surface area contributed by atoms with Gasteiger partial charge in [-0.15, -0.1) is 0 Å². The molecule has 0 saturated carbocycles. The van der Waals surface area contributed by atoms with E-state index in [1.165, 1.54) is 12.1 Å². The summed E-state index contributed by atoms with van der Waals surface area (Å²) in [5.74, 6) is 0. The summed E-state index contributed by atoms with van der Waals surface area (Å²) in [6, 6.07) is 7.85. The van der Waals surface area contributed by atoms with Gasteiger partial charge in [-0.3, -0.25) is 4.98 Å². The molecule has 1 aromatic heterocycles. The number of hydrogen-bond donors (Lipinski definition) is 0. The third-order valence-corrected chi connectivity index (χ3v) is 5.13. The second kappa shape index (κ2) is 7.89. The zero-order chi connectivity index (χ0) is 17.0. The number of hydrogen-bond acceptors (Lipinski definition) is 7. The SMILES string of the molecule is Cc1ccc2c(ccc3c(S(=O)(=O)[O-])cc(S(=O)(=O)[O-])cc32)n1.[Na+].[Na+]. The minimum Gasteiger partial charge on any atom is -0.744 e. The van der Waals surface area contributed by atoms with Gasteiger partial charge >= 0.3 is 59.1 Å². The maximum absolute atomic E-state index is 11.4. The number of pyridine rings is 1. The van der Waals surface area contributed by atoms with Gasteiger partial charge in [-0.25, -0.2) is 16.8 Å². The standard InChI is InChI=1S/C14H11NO6S2.2Na/c1-8-2-3-10-12-6-9(22(16,17)18)7-14(23(19,20)21)11(12)4-5-13(10)15-8;;/h2-7H,1H3,(H,16,17,18)(H,19,20,21);;/q;2*+1/p-2. The first-order valence-corrected chi connectivity index (χ1v) is 9.15. The van der Waals surface area contributed by atoms with E-state index in [-0.39, 0.29) is 69.9 Å². The fourth-order valence-corrected chi connectivity index (χ4v) is 3.76. The molecule has 0 atom stereocenters. The van der Waals surface area contributed by atoms with Crippen molar-refractivity contribution in [1.82, 2.24) is 4.98 Å². The molecular formula is C14H9NNa2O6S2. The Morgan fingerprint density at radius 1 is 0.800 bits per heavy atom. The van der Waals surface area contributed by atoms with Crippen molar-refractivity contribution in [3.8, 4) is 0 Å². The number of fused-ring (bicyclic) bond motifs is 3. The second-order valence-corrected chi connectivity index (χ2v) is 7.74. The second-order valence-electron chi connectivity index (χ2n) is 5.01. The van der Waals surface area contributed by atoms with E-state index in [4.69, 9.17) is 0 Å². The molecule has 120 valence electrons. The van der Waals surface area contributed by atoms with Crippen molar-refractivity contribution >= 4 is 41.9 Å². The zero-order valence-corrected chi connectivity index (χ0v) is 19.3. The predicted octanol–water partition coefficient (Wildman–Crippen LogP) is -4.49. The molecular weight excluding hydrogens is 388 g/mol. The van der Waals surface area contributed by atoms with Crippen LogP contribution in [0.25, 0.3) is 21.7 Å². The van der Waals surface area contributed by atoms with E-state index in [9.17, 15) is 25.9 Å². The Morgan fingerprint density at radius 2 is 1.40 bits per heavy atom. The molecule has 0 saturated heterocycles. The molecule has 3 aromatic rings. The Bertz CT molecular complexity index is 1180. The monoisotopic (exact) mass is 397 g/mol. The van der Waals surface area contributed by atoms with Crippen LogP contribution >= 0.6 is 0 Å². The maximum Gasteiger partial charge on any atom is 1.00 e. The van der Waals surface area contributed by atoms with Crippen molar-refractivity contribution in [1.29, 1.82) is 0 Å². The summed E-state index contributed by atoms with van der Waals surface area (Å²) in [6.45, 7) is 1.76. The van der Waals surface area contributed by atoms with Crippen molar-refractivity contribution in [2.75, 3.05) is 0 Å². The van der Waals surface area contributed by atoms with Crippen molar-refractivity contribution in [3.05, 3.63) is 42.1 Å². The molecule has 0 N–H and O–H groups in total. The Kier molecular flexibility index (Phi) is 7.25. The molecule has 0 spiro atoms. The molecule has 0 radical (unpaired) electrons. The number of aromatic nitrogens is 1. The van der Waals surface area contributed by atoms with Gasteiger partial charge < -0.3 is 9.11 Å². The van der Waals surface area contributed by atoms with E-state index in [2.05, 4.69) is 4.98 Å². The number of rotatable bonds is 2. The molecule has 0 aliphatic rings. The number of aryl methyl sites for hydroxylation is 1. The summed E-state index contributed by atoms with van der Waals surface area (Å²) in [7, 11) is -9.89. The number of benzene rings is 2. The third kappa shape index (κ3) is 4.62. The van der Waals surface area contributed by atoms with Crippen LogP contribution in [0.2, 0.25) is 0 Å². The van der Waals surface area contributed by atoms with Gasteiger partial charge in [-0.05, 0) is 36.6 Å². The summed E-state index contributed by atoms with van der Waals surface area (Å²) >= 11 is 0. The van der Waals surface area contributed by atoms with Crippen molar-refractivity contribution in [3.63, 3.8) is 0 Å². The molecule has 0 aliphatic heterocycles. The van der Waals surface area contributed by atoms with Crippen LogP contribution in [0, 0.1) is 6.92 Å². The van der Waals surface area contributed by atoms with E-state index >= 15 is 0 Å². The summed E-state index contributed by atoms with van der Waals surface area (Å²) in [4.78, 5) is 2.74. The molecule has 1 heterocycles. The van der Waals surface area contributed by atoms with Crippen LogP contribution in [-0.4, -0.2) is 30.9 Å². The molecule has 25 heavy (non-hydrogen) atoms. The quantitative estimate of drug-likeness (QED) is 0.242. The van der Waals surface area contributed by atoms with E-state index in [0.717, 1.165) is 6.07 Å². The van der Waals surface area contributed by atoms with E-state index < -0.39 is 30.0 Å². The topological polar surface area (TPSA) is 127 Å². The van der Waals surface area contributed by atoms with Crippen LogP contribution in [0.4, 0.5) is 0 Å². The Labute approximate surface area is 188 Å². The summed E-state index contributed by atoms with van der Waals surface area (Å²) in [6.07, 6.45) is 0. The first-order chi connectivity index (χ1) is 10.6. The Balaban J connectivity index is 0.00000156. The largest absolute Gasteiger partial charge is 1.00 e. The van der Waals surface area contributed by atoms with Crippen LogP contribution in [0.5, 0.6) is 0 Å². The number of nitrogens with zero attached hydrogens (tertiary/aromatic N) is 1. The average Bonchev–Trinajstić information content (AvgIpc) is 2.43. The molecule has 2 aromatic carbocycles. The van der Waals surface area contributed by atoms with E-state index in [1.54, 1.807) is 19.1 Å². The summed E-state index contributed by atoms with van der Waals surface area (Å²) in [5.41, 5.74) is 1.20. The van der Waals surface area contributed by atoms with Gasteiger partial charge in [0.25, 0.3) is 0 Å². The third-order valence-electron chi connectivity index (χ3n) is 3.44. The van der Waals surface area contributed by atoms with Crippen LogP contribution in [0.15, 0.2) is 46.2 Å². The molecule has 0 fully saturated rings. The van der Waals surface area contributed by atoms with Gasteiger partial charge in [0.15, 0.2) is 0 Å². The maximum atomic E-state index is 11.4. The predicted molar refractivity (Wildman–Crippen MR) is 79.9 cm³/mol. The molecule has 7 nitrogen and oxygen atoms in total.